The second-order valence-electron chi connectivity index (χ2n) is 38.5. The van der Waals surface area contributed by atoms with Crippen molar-refractivity contribution < 1.29 is 106 Å². The third-order valence-corrected chi connectivity index (χ3v) is 24.2. The van der Waals surface area contributed by atoms with Crippen molar-refractivity contribution in [2.45, 2.75) is 321 Å². The van der Waals surface area contributed by atoms with E-state index in [1.807, 2.05) is 0 Å². The van der Waals surface area contributed by atoms with Crippen LogP contribution in [0.25, 0.3) is 0 Å². The number of amides is 18. The van der Waals surface area contributed by atoms with Gasteiger partial charge in [0.25, 0.3) is 0 Å². The standard InChI is InChI=1S/C97H164N30O22/c1-13-55(11)77(126-83(137)63(36-27-43-111-97(107)108)114-82(136)64(37-38-71(101)128)118-91(145)75(53(7)8)124-93(147)78(56(12)14-2)127-84(138)62(35-26-42-110-96(105)106)113-79(133)59(32-21-23-39-98)115-86(140)67(112-73(130)50-100)46-57-28-17-15-18-29-57)92(146)117-60(33-22-24-40-99)80(134)123-70(49-74(131)132)89(143)121-68(47-58-30-19-16-20-31-58)87(141)119-65(44-51(3)4)85(139)116-61(34-25-41-109-95(103)104)81(135)122-69(48-72(102)129)88(142)120-66(45-52(5)6)90(144)125-76(54(9)10)94(148)149/h15-20,28-31,51-56,59-70,75-78H,13-14,21-27,32-50,98-100H2,1-12H3,(H2,101,128)(H2,102,129)(H,112,130)(H,113,133)(H,114,136)(H,115,140)(H,116,139)(H,117,146)(H,118,145)(H,119,141)(H,120,142)(H,121,143)(H,122,135)(H,123,134)(H,124,147)(H,125,144)(H,126,137)(H,127,138)(H,131,132)(H,148,149)(H4,103,104,109)(H4,105,106,110)(H4,107,108,111)/t55-,56-,59-,60-,61-,62-,63-,64-,65-,66-,67-,68-,69-,70-,75-,76-,77-,78-/m0/s1. The van der Waals surface area contributed by atoms with Gasteiger partial charge in [0, 0.05) is 38.9 Å². The Morgan fingerprint density at radius 2 is 0.564 bits per heavy atom. The summed E-state index contributed by atoms with van der Waals surface area (Å²) in [4.78, 5) is 283. The number of nitrogens with one attached hydrogen (secondary N) is 22. The minimum atomic E-state index is -2.06. The summed E-state index contributed by atoms with van der Waals surface area (Å²) in [6, 6.07) is -8.50. The molecule has 834 valence electrons. The van der Waals surface area contributed by atoms with Crippen LogP contribution in [0.3, 0.4) is 0 Å². The van der Waals surface area contributed by atoms with E-state index in [9.17, 15) is 91.7 Å². The van der Waals surface area contributed by atoms with E-state index in [0.29, 0.717) is 24.0 Å². The van der Waals surface area contributed by atoms with Crippen molar-refractivity contribution in [3.8, 4) is 0 Å². The molecule has 18 atom stereocenters. The molecule has 0 saturated heterocycles. The molecule has 0 aromatic heterocycles. The Morgan fingerprint density at radius 3 is 0.879 bits per heavy atom. The van der Waals surface area contributed by atoms with Crippen LogP contribution in [0.4, 0.5) is 0 Å². The minimum Gasteiger partial charge on any atom is -0.481 e. The molecule has 0 saturated carbocycles. The molecule has 52 heteroatoms. The van der Waals surface area contributed by atoms with Gasteiger partial charge in [0.15, 0.2) is 17.9 Å². The summed E-state index contributed by atoms with van der Waals surface area (Å²) in [6.45, 7) is 19.3. The average molecular weight is 2100 g/mol. The Bertz CT molecular complexity index is 4750. The van der Waals surface area contributed by atoms with E-state index in [2.05, 4.69) is 101 Å². The molecule has 149 heavy (non-hydrogen) atoms. The maximum absolute atomic E-state index is 15.0. The number of aliphatic carboxylic acids is 2. The third-order valence-electron chi connectivity index (χ3n) is 24.2. The number of carboxylic acids is 2. The van der Waals surface area contributed by atoms with Crippen molar-refractivity contribution in [2.24, 2.45) is 81.4 Å². The Morgan fingerprint density at radius 1 is 0.295 bits per heavy atom. The monoisotopic (exact) mass is 2100 g/mol. The van der Waals surface area contributed by atoms with Gasteiger partial charge in [-0.05, 0) is 156 Å². The van der Waals surface area contributed by atoms with Crippen LogP contribution in [0.1, 0.15) is 223 Å². The van der Waals surface area contributed by atoms with Crippen molar-refractivity contribution in [1.29, 1.82) is 16.2 Å². The fraction of sp³-hybridized carbons (Fsp3) is 0.639. The van der Waals surface area contributed by atoms with Crippen molar-refractivity contribution in [2.75, 3.05) is 39.3 Å². The van der Waals surface area contributed by atoms with E-state index in [1.165, 1.54) is 0 Å². The van der Waals surface area contributed by atoms with Gasteiger partial charge in [-0.25, -0.2) is 4.79 Å². The molecule has 2 aromatic carbocycles. The quantitative estimate of drug-likeness (QED) is 0.0167. The molecule has 18 amide bonds. The summed E-state index contributed by atoms with van der Waals surface area (Å²) in [5.41, 5.74) is 46.3. The molecule has 0 spiro atoms. The Hall–Kier alpha value is -14.5. The lowest BCUT2D eigenvalue weighted by molar-refractivity contribution is -0.144. The van der Waals surface area contributed by atoms with Crippen molar-refractivity contribution >= 4 is 136 Å². The Balaban J connectivity index is 2.72. The zero-order chi connectivity index (χ0) is 112. The molecular weight excluding hydrogens is 1940 g/mol. The van der Waals surface area contributed by atoms with Crippen LogP contribution in [-0.4, -0.2) is 282 Å². The van der Waals surface area contributed by atoms with E-state index < -0.39 is 295 Å². The Kier molecular flexibility index (Phi) is 61.0. The Labute approximate surface area is 869 Å². The normalized spacial score (nSPS) is 14.8. The molecule has 52 nitrogen and oxygen atoms in total. The molecule has 0 heterocycles. The third kappa shape index (κ3) is 51.6. The zero-order valence-corrected chi connectivity index (χ0v) is 87.5. The molecule has 2 rings (SSSR count). The lowest BCUT2D eigenvalue weighted by Gasteiger charge is -2.31. The first-order valence-electron chi connectivity index (χ1n) is 50.5. The lowest BCUT2D eigenvalue weighted by atomic mass is 9.95. The van der Waals surface area contributed by atoms with Crippen LogP contribution in [0.15, 0.2) is 60.7 Å². The van der Waals surface area contributed by atoms with E-state index in [-0.39, 0.29) is 141 Å². The number of carbonyl (C=O) groups excluding carboxylic acids is 18. The van der Waals surface area contributed by atoms with Crippen LogP contribution in [0, 0.1) is 51.7 Å². The van der Waals surface area contributed by atoms with Crippen LogP contribution in [-0.2, 0) is 109 Å². The maximum atomic E-state index is 15.0. The molecule has 0 aliphatic carbocycles. The molecule has 0 aliphatic rings. The maximum Gasteiger partial charge on any atom is 0.326 e. The van der Waals surface area contributed by atoms with Crippen LogP contribution in [0.5, 0.6) is 0 Å². The molecular formula is C97H164N30O22. The molecule has 0 fully saturated rings. The van der Waals surface area contributed by atoms with Gasteiger partial charge in [-0.3, -0.25) is 107 Å². The number of guanidine groups is 3. The summed E-state index contributed by atoms with van der Waals surface area (Å²) >= 11 is 0. The van der Waals surface area contributed by atoms with Crippen LogP contribution >= 0.6 is 0 Å². The van der Waals surface area contributed by atoms with Gasteiger partial charge in [-0.1, -0.05) is 157 Å². The highest BCUT2D eigenvalue weighted by Gasteiger charge is 2.42. The smallest absolute Gasteiger partial charge is 0.326 e. The van der Waals surface area contributed by atoms with Crippen LogP contribution < -0.4 is 147 Å². The highest BCUT2D eigenvalue weighted by atomic mass is 16.4. The number of carbonyl (C=O) groups is 20. The highest BCUT2D eigenvalue weighted by molar-refractivity contribution is 6.02. The van der Waals surface area contributed by atoms with Gasteiger partial charge in [0.05, 0.1) is 19.4 Å². The molecule has 0 bridgehead atoms. The van der Waals surface area contributed by atoms with Crippen LogP contribution in [0.2, 0.25) is 0 Å². The molecule has 0 aliphatic heterocycles. The number of unbranched alkanes of at least 4 members (excludes halogenated alkanes) is 2. The van der Waals surface area contributed by atoms with Crippen molar-refractivity contribution in [3.05, 3.63) is 71.8 Å². The van der Waals surface area contributed by atoms with Gasteiger partial charge >= 0.3 is 11.9 Å². The lowest BCUT2D eigenvalue weighted by Crippen LogP contribution is -2.62. The summed E-state index contributed by atoms with van der Waals surface area (Å²) < 4.78 is 0. The van der Waals surface area contributed by atoms with Gasteiger partial charge < -0.3 is 157 Å². The number of nitrogens with two attached hydrogens (primary N) is 8. The molecule has 2 aromatic rings. The van der Waals surface area contributed by atoms with E-state index >= 15 is 14.4 Å². The summed E-state index contributed by atoms with van der Waals surface area (Å²) in [7, 11) is 0. The van der Waals surface area contributed by atoms with Crippen molar-refractivity contribution in [1.82, 2.24) is 101 Å². The second-order valence-corrected chi connectivity index (χ2v) is 38.5. The number of rotatable bonds is 74. The van der Waals surface area contributed by atoms with Gasteiger partial charge in [-0.2, -0.15) is 0 Å². The number of hydrogen-bond donors (Lipinski definition) is 32. The number of carboxylic acid groups (broad SMARTS) is 2. The van der Waals surface area contributed by atoms with Crippen molar-refractivity contribution in [3.63, 3.8) is 0 Å². The molecule has 0 radical (unpaired) electrons. The summed E-state index contributed by atoms with van der Waals surface area (Å²) in [5.74, 6) is -25.9. The van der Waals surface area contributed by atoms with E-state index in [4.69, 9.17) is 62.1 Å². The van der Waals surface area contributed by atoms with Gasteiger partial charge in [-0.15, -0.1) is 0 Å². The number of primary amides is 2. The first-order valence-corrected chi connectivity index (χ1v) is 50.5. The van der Waals surface area contributed by atoms with Gasteiger partial charge in [0.1, 0.15) is 96.7 Å². The van der Waals surface area contributed by atoms with E-state index in [1.54, 1.807) is 144 Å². The predicted octanol–water partition coefficient (Wildman–Crippen LogP) is -5.57. The highest BCUT2D eigenvalue weighted by Crippen LogP contribution is 2.20. The molecule has 0 unspecified atom stereocenters. The SMILES string of the molecule is CC[C@H](C)[C@H](NC(=O)[C@H](CCCNC(=N)N)NC(=O)[C@H](CCC(N)=O)NC(=O)[C@@H](NC(=O)[C@@H](NC(=O)[C@H](CCCNC(=N)N)NC(=O)[C@H](CCCCN)NC(=O)[C@H](Cc1ccccc1)NC(=O)CN)[C@@H](C)CC)C(C)C)C(=O)N[C@@H](CCCCN)C(=O)N[C@@H](CC(=O)O)C(=O)N[C@@H](Cc1ccccc1)C(=O)N[C@@H](CC(C)C)C(=O)N[C@@H](CCCNC(=N)N)C(=O)N[C@@H](CC(N)=O)C(=O)N[C@@H](CC(C)C)C(=O)N[C@H](C(=O)O)C(C)C. The topological polar surface area (TPSA) is 890 Å². The first kappa shape index (κ1) is 131. The van der Waals surface area contributed by atoms with E-state index in [0.717, 1.165) is 0 Å². The fourth-order valence-electron chi connectivity index (χ4n) is 15.5. The van der Waals surface area contributed by atoms with Gasteiger partial charge in [0.2, 0.25) is 106 Å². The first-order chi connectivity index (χ1) is 70.2. The fourth-order valence-corrected chi connectivity index (χ4v) is 15.5. The largest absolute Gasteiger partial charge is 0.481 e. The predicted molar refractivity (Wildman–Crippen MR) is 553 cm³/mol. The second kappa shape index (κ2) is 69.6. The average Bonchev–Trinajstić information content (AvgIpc) is 0.904. The molecule has 40 N–H and O–H groups in total. The summed E-state index contributed by atoms with van der Waals surface area (Å²) in [5, 5.41) is 92.5. The number of hydrogen-bond acceptors (Lipinski definition) is 26. The minimum absolute atomic E-state index is 0.00452. The number of benzene rings is 2. The summed E-state index contributed by atoms with van der Waals surface area (Å²) in [6.07, 6.45) is -3.07. The zero-order valence-electron chi connectivity index (χ0n) is 87.5.